The maximum atomic E-state index is 11.0. The lowest BCUT2D eigenvalue weighted by atomic mass is 10.2. The maximum absolute atomic E-state index is 11.0. The zero-order valence-electron chi connectivity index (χ0n) is 13.1. The molecule has 0 fully saturated rings. The second-order valence-corrected chi connectivity index (χ2v) is 6.04. The number of nitrogens with zero attached hydrogens (tertiary/aromatic N) is 2. The maximum Gasteiger partial charge on any atom is 0.223 e. The second kappa shape index (κ2) is 7.91. The molecule has 0 aliphatic carbocycles. The van der Waals surface area contributed by atoms with E-state index >= 15 is 0 Å². The molecule has 5 nitrogen and oxygen atoms in total. The molecule has 1 amide bonds. The fourth-order valence-corrected chi connectivity index (χ4v) is 2.72. The summed E-state index contributed by atoms with van der Waals surface area (Å²) in [6, 6.07) is 8.00. The number of likely N-dealkylation sites (N-methyl/N-ethyl adjacent to an activating group) is 1. The summed E-state index contributed by atoms with van der Waals surface area (Å²) in [4.78, 5) is 17.5. The number of hydrogen-bond acceptors (Lipinski definition) is 5. The van der Waals surface area contributed by atoms with E-state index in [-0.39, 0.29) is 5.91 Å². The van der Waals surface area contributed by atoms with Crippen molar-refractivity contribution in [3.8, 4) is 5.75 Å². The van der Waals surface area contributed by atoms with Gasteiger partial charge in [0.25, 0.3) is 0 Å². The van der Waals surface area contributed by atoms with Crippen LogP contribution in [0.5, 0.6) is 5.75 Å². The van der Waals surface area contributed by atoms with Gasteiger partial charge >= 0.3 is 0 Å². The highest BCUT2D eigenvalue weighted by Gasteiger charge is 2.07. The van der Waals surface area contributed by atoms with E-state index in [0.29, 0.717) is 11.7 Å². The van der Waals surface area contributed by atoms with E-state index in [9.17, 15) is 4.79 Å². The van der Waals surface area contributed by atoms with Crippen LogP contribution in [0, 0.1) is 6.92 Å². The Labute approximate surface area is 134 Å². The Kier molecular flexibility index (Phi) is 5.91. The predicted molar refractivity (Wildman–Crippen MR) is 89.4 cm³/mol. The first-order valence-corrected chi connectivity index (χ1v) is 8.01. The highest BCUT2D eigenvalue weighted by molar-refractivity contribution is 7.13. The van der Waals surface area contributed by atoms with Crippen molar-refractivity contribution in [3.63, 3.8) is 0 Å². The molecule has 22 heavy (non-hydrogen) atoms. The van der Waals surface area contributed by atoms with Gasteiger partial charge in [0.05, 0.1) is 5.69 Å². The largest absolute Gasteiger partial charge is 0.492 e. The monoisotopic (exact) mass is 319 g/mol. The molecule has 0 spiro atoms. The molecule has 1 aromatic heterocycles. The summed E-state index contributed by atoms with van der Waals surface area (Å²) in [6.45, 7) is 5.69. The topological polar surface area (TPSA) is 54.5 Å². The third kappa shape index (κ3) is 5.13. The van der Waals surface area contributed by atoms with Crippen molar-refractivity contribution in [2.24, 2.45) is 0 Å². The normalized spacial score (nSPS) is 10.7. The van der Waals surface area contributed by atoms with Gasteiger partial charge in [0.15, 0.2) is 5.13 Å². The zero-order chi connectivity index (χ0) is 15.9. The number of rotatable bonds is 7. The molecule has 0 radical (unpaired) electrons. The van der Waals surface area contributed by atoms with Gasteiger partial charge in [-0.2, -0.15) is 0 Å². The average molecular weight is 319 g/mol. The molecule has 0 aliphatic rings. The van der Waals surface area contributed by atoms with Crippen LogP contribution in [0.1, 0.15) is 18.2 Å². The number of aromatic nitrogens is 1. The van der Waals surface area contributed by atoms with Gasteiger partial charge in [0.1, 0.15) is 12.4 Å². The number of para-hydroxylation sites is 1. The third-order valence-corrected chi connectivity index (χ3v) is 3.90. The second-order valence-electron chi connectivity index (χ2n) is 5.18. The van der Waals surface area contributed by atoms with Crippen molar-refractivity contribution in [2.45, 2.75) is 20.4 Å². The van der Waals surface area contributed by atoms with Gasteiger partial charge < -0.3 is 10.1 Å². The quantitative estimate of drug-likeness (QED) is 0.852. The number of benzene rings is 1. The van der Waals surface area contributed by atoms with Crippen molar-refractivity contribution in [1.29, 1.82) is 0 Å². The van der Waals surface area contributed by atoms with Crippen LogP contribution in [0.25, 0.3) is 0 Å². The van der Waals surface area contributed by atoms with Crippen LogP contribution < -0.4 is 10.1 Å². The number of thiazole rings is 1. The summed E-state index contributed by atoms with van der Waals surface area (Å²) < 4.78 is 5.79. The summed E-state index contributed by atoms with van der Waals surface area (Å²) in [7, 11) is 2.03. The minimum absolute atomic E-state index is 0.0964. The summed E-state index contributed by atoms with van der Waals surface area (Å²) in [5.74, 6) is 0.832. The van der Waals surface area contributed by atoms with Crippen LogP contribution in [-0.2, 0) is 11.3 Å². The van der Waals surface area contributed by atoms with Crippen LogP contribution in [0.4, 0.5) is 5.13 Å². The van der Waals surface area contributed by atoms with Crippen molar-refractivity contribution in [3.05, 3.63) is 40.9 Å². The Hall–Kier alpha value is -1.92. The lowest BCUT2D eigenvalue weighted by Gasteiger charge is -2.16. The number of hydrogen-bond donors (Lipinski definition) is 1. The first-order valence-electron chi connectivity index (χ1n) is 7.13. The number of aryl methyl sites for hydroxylation is 1. The van der Waals surface area contributed by atoms with E-state index in [1.165, 1.54) is 18.3 Å². The minimum atomic E-state index is -0.0964. The van der Waals surface area contributed by atoms with Crippen molar-refractivity contribution in [1.82, 2.24) is 9.88 Å². The number of anilines is 1. The molecule has 2 aromatic rings. The van der Waals surface area contributed by atoms with E-state index in [0.717, 1.165) is 30.1 Å². The van der Waals surface area contributed by atoms with E-state index in [1.54, 1.807) is 0 Å². The molecule has 0 saturated heterocycles. The number of carbonyl (C=O) groups excluding carboxylic acids is 1. The molecule has 118 valence electrons. The Morgan fingerprint density at radius 1 is 1.41 bits per heavy atom. The minimum Gasteiger partial charge on any atom is -0.492 e. The lowest BCUT2D eigenvalue weighted by Crippen LogP contribution is -2.24. The molecule has 0 bridgehead atoms. The van der Waals surface area contributed by atoms with Crippen molar-refractivity contribution >= 4 is 22.4 Å². The highest BCUT2D eigenvalue weighted by Crippen LogP contribution is 2.17. The van der Waals surface area contributed by atoms with E-state index in [1.807, 2.05) is 43.6 Å². The Morgan fingerprint density at radius 3 is 2.91 bits per heavy atom. The van der Waals surface area contributed by atoms with E-state index in [4.69, 9.17) is 4.74 Å². The smallest absolute Gasteiger partial charge is 0.223 e. The molecule has 1 heterocycles. The Morgan fingerprint density at radius 2 is 2.18 bits per heavy atom. The molecule has 2 rings (SSSR count). The van der Waals surface area contributed by atoms with Gasteiger partial charge in [0.2, 0.25) is 5.91 Å². The van der Waals surface area contributed by atoms with E-state index in [2.05, 4.69) is 15.2 Å². The van der Waals surface area contributed by atoms with Gasteiger partial charge in [-0.15, -0.1) is 11.3 Å². The molecule has 0 unspecified atom stereocenters. The van der Waals surface area contributed by atoms with Crippen LogP contribution >= 0.6 is 11.3 Å². The standard InChI is InChI=1S/C16H21N3O2S/c1-12-6-4-5-7-15(12)21-9-8-19(3)10-14-11-22-16(18-14)17-13(2)20/h4-7,11H,8-10H2,1-3H3,(H,17,18,20). The molecule has 1 N–H and O–H groups in total. The summed E-state index contributed by atoms with van der Waals surface area (Å²) in [5, 5.41) is 5.30. The van der Waals surface area contributed by atoms with Crippen LogP contribution in [0.2, 0.25) is 0 Å². The van der Waals surface area contributed by atoms with Crippen LogP contribution in [-0.4, -0.2) is 36.0 Å². The lowest BCUT2D eigenvalue weighted by molar-refractivity contribution is -0.114. The third-order valence-electron chi connectivity index (χ3n) is 3.09. The average Bonchev–Trinajstić information content (AvgIpc) is 2.87. The van der Waals surface area contributed by atoms with Gasteiger partial charge in [-0.05, 0) is 25.6 Å². The molecule has 1 aromatic carbocycles. The fourth-order valence-electron chi connectivity index (χ4n) is 1.97. The first kappa shape index (κ1) is 16.5. The molecule has 0 aliphatic heterocycles. The molecular weight excluding hydrogens is 298 g/mol. The van der Waals surface area contributed by atoms with Crippen molar-refractivity contribution in [2.75, 3.05) is 25.5 Å². The number of nitrogens with one attached hydrogen (secondary N) is 1. The highest BCUT2D eigenvalue weighted by atomic mass is 32.1. The van der Waals surface area contributed by atoms with Crippen LogP contribution in [0.15, 0.2) is 29.6 Å². The molecule has 0 atom stereocenters. The van der Waals surface area contributed by atoms with Gasteiger partial charge in [-0.1, -0.05) is 18.2 Å². The number of carbonyl (C=O) groups is 1. The molecule has 6 heteroatoms. The van der Waals surface area contributed by atoms with Gasteiger partial charge in [0, 0.05) is 25.4 Å². The summed E-state index contributed by atoms with van der Waals surface area (Å²) in [6.07, 6.45) is 0. The first-order chi connectivity index (χ1) is 10.5. The van der Waals surface area contributed by atoms with Crippen LogP contribution in [0.3, 0.4) is 0 Å². The fraction of sp³-hybridized carbons (Fsp3) is 0.375. The molecular formula is C16H21N3O2S. The number of ether oxygens (including phenoxy) is 1. The Balaban J connectivity index is 1.76. The summed E-state index contributed by atoms with van der Waals surface area (Å²) >= 11 is 1.44. The molecule has 0 saturated carbocycles. The van der Waals surface area contributed by atoms with Crippen molar-refractivity contribution < 1.29 is 9.53 Å². The number of amides is 1. The Bertz CT molecular complexity index is 627. The SMILES string of the molecule is CC(=O)Nc1nc(CN(C)CCOc2ccccc2C)cs1. The van der Waals surface area contributed by atoms with Gasteiger partial charge in [-0.25, -0.2) is 4.98 Å². The van der Waals surface area contributed by atoms with Gasteiger partial charge in [-0.3, -0.25) is 9.69 Å². The summed E-state index contributed by atoms with van der Waals surface area (Å²) in [5.41, 5.74) is 2.09. The van der Waals surface area contributed by atoms with E-state index < -0.39 is 0 Å². The predicted octanol–water partition coefficient (Wildman–Crippen LogP) is 2.92. The zero-order valence-corrected chi connectivity index (χ0v) is 13.9.